The fraction of sp³-hybridized carbons (Fsp3) is 0.0769. The number of furan rings is 1. The van der Waals surface area contributed by atoms with Gasteiger partial charge in [-0.15, -0.1) is 0 Å². The third-order valence-corrected chi connectivity index (χ3v) is 5.28. The van der Waals surface area contributed by atoms with Gasteiger partial charge in [-0.2, -0.15) is 5.10 Å². The zero-order chi connectivity index (χ0) is 23.5. The molecular weight excluding hydrogens is 432 g/mol. The van der Waals surface area contributed by atoms with Crippen molar-refractivity contribution in [3.63, 3.8) is 0 Å². The maximum absolute atomic E-state index is 12.0. The number of fused-ring (bicyclic) bond motifs is 1. The van der Waals surface area contributed by atoms with Crippen molar-refractivity contribution < 1.29 is 19.1 Å². The van der Waals surface area contributed by atoms with Crippen molar-refractivity contribution in [1.29, 1.82) is 0 Å². The number of hydrogen-bond acceptors (Lipinski definition) is 6. The van der Waals surface area contributed by atoms with E-state index in [0.717, 1.165) is 17.1 Å². The molecule has 34 heavy (non-hydrogen) atoms. The summed E-state index contributed by atoms with van der Waals surface area (Å²) in [5, 5.41) is 14.8. The van der Waals surface area contributed by atoms with Gasteiger partial charge in [0.05, 0.1) is 30.0 Å². The van der Waals surface area contributed by atoms with Gasteiger partial charge in [-0.05, 0) is 55.0 Å². The van der Waals surface area contributed by atoms with Crippen molar-refractivity contribution in [3.05, 3.63) is 102 Å². The topological polar surface area (TPSA) is 103 Å². The van der Waals surface area contributed by atoms with Crippen molar-refractivity contribution in [2.45, 2.75) is 13.5 Å². The Bertz CT molecular complexity index is 1470. The van der Waals surface area contributed by atoms with Crippen molar-refractivity contribution >= 4 is 29.0 Å². The Morgan fingerprint density at radius 1 is 1.09 bits per heavy atom. The molecule has 0 aliphatic carbocycles. The Kier molecular flexibility index (Phi) is 5.61. The molecule has 1 N–H and O–H groups in total. The number of carbonyl (C=O) groups is 1. The van der Waals surface area contributed by atoms with E-state index in [2.05, 4.69) is 15.1 Å². The first-order valence-corrected chi connectivity index (χ1v) is 10.6. The second-order valence-electron chi connectivity index (χ2n) is 7.61. The molecule has 0 aliphatic heterocycles. The lowest BCUT2D eigenvalue weighted by atomic mass is 10.1. The average molecular weight is 452 g/mol. The van der Waals surface area contributed by atoms with Gasteiger partial charge in [0.15, 0.2) is 11.5 Å². The van der Waals surface area contributed by atoms with Crippen LogP contribution >= 0.6 is 0 Å². The van der Waals surface area contributed by atoms with Gasteiger partial charge < -0.3 is 14.3 Å². The zero-order valence-electron chi connectivity index (χ0n) is 18.3. The SMILES string of the molecule is Cc1c2c(C(=O)O)cc(/N=C/c3ccco3)nc2nn1Cc1ccc(Oc2ccccc2)cc1. The fourth-order valence-corrected chi connectivity index (χ4v) is 3.61. The zero-order valence-corrected chi connectivity index (χ0v) is 18.3. The number of hydrogen-bond donors (Lipinski definition) is 1. The second-order valence-corrected chi connectivity index (χ2v) is 7.61. The number of aryl methyl sites for hydroxylation is 1. The van der Waals surface area contributed by atoms with Crippen LogP contribution in [-0.4, -0.2) is 32.1 Å². The first kappa shape index (κ1) is 21.1. The lowest BCUT2D eigenvalue weighted by molar-refractivity contribution is 0.0699. The Balaban J connectivity index is 1.42. The highest BCUT2D eigenvalue weighted by Gasteiger charge is 2.19. The summed E-state index contributed by atoms with van der Waals surface area (Å²) in [6, 6.07) is 22.2. The van der Waals surface area contributed by atoms with Crippen molar-refractivity contribution in [1.82, 2.24) is 14.8 Å². The molecule has 0 amide bonds. The minimum atomic E-state index is -1.06. The molecule has 0 atom stereocenters. The van der Waals surface area contributed by atoms with Crippen molar-refractivity contribution in [3.8, 4) is 11.5 Å². The Labute approximate surface area is 194 Å². The van der Waals surface area contributed by atoms with E-state index in [1.807, 2.05) is 61.5 Å². The standard InChI is InChI=1S/C26H20N4O4/c1-17-24-22(26(31)32)14-23(27-15-21-8-5-13-33-21)28-25(24)29-30(17)16-18-9-11-20(12-10-18)34-19-6-3-2-4-7-19/h2-15H,16H2,1H3,(H,31,32)/b27-15+. The summed E-state index contributed by atoms with van der Waals surface area (Å²) >= 11 is 0. The van der Waals surface area contributed by atoms with Crippen molar-refractivity contribution in [2.24, 2.45) is 4.99 Å². The Morgan fingerprint density at radius 2 is 1.85 bits per heavy atom. The molecule has 5 rings (SSSR count). The number of nitrogens with zero attached hydrogens (tertiary/aromatic N) is 4. The summed E-state index contributed by atoms with van der Waals surface area (Å²) < 4.78 is 12.8. The van der Waals surface area contributed by atoms with Gasteiger partial charge >= 0.3 is 5.97 Å². The van der Waals surface area contributed by atoms with E-state index in [1.54, 1.807) is 16.8 Å². The highest BCUT2D eigenvalue weighted by Crippen LogP contribution is 2.27. The molecule has 0 bridgehead atoms. The molecule has 5 aromatic rings. The number of aromatic nitrogens is 3. The molecule has 8 heteroatoms. The van der Waals surface area contributed by atoms with Crippen LogP contribution in [0.1, 0.15) is 27.4 Å². The molecule has 3 heterocycles. The van der Waals surface area contributed by atoms with Gasteiger partial charge in [0.2, 0.25) is 0 Å². The predicted octanol–water partition coefficient (Wildman–Crippen LogP) is 5.62. The molecule has 0 aliphatic rings. The van der Waals surface area contributed by atoms with Crippen LogP contribution in [0.5, 0.6) is 11.5 Å². The molecular formula is C26H20N4O4. The third-order valence-electron chi connectivity index (χ3n) is 5.28. The van der Waals surface area contributed by atoms with E-state index >= 15 is 0 Å². The molecule has 0 fully saturated rings. The minimum absolute atomic E-state index is 0.104. The normalized spacial score (nSPS) is 11.3. The van der Waals surface area contributed by atoms with E-state index in [1.165, 1.54) is 18.5 Å². The van der Waals surface area contributed by atoms with Gasteiger partial charge in [0.1, 0.15) is 17.3 Å². The summed E-state index contributed by atoms with van der Waals surface area (Å²) in [6.45, 7) is 2.29. The number of benzene rings is 2. The van der Waals surface area contributed by atoms with Gasteiger partial charge in [-0.3, -0.25) is 4.68 Å². The number of carboxylic acids is 1. The van der Waals surface area contributed by atoms with Gasteiger partial charge in [-0.1, -0.05) is 30.3 Å². The summed E-state index contributed by atoms with van der Waals surface area (Å²) in [7, 11) is 0. The lowest BCUT2D eigenvalue weighted by Crippen LogP contribution is -2.04. The molecule has 3 aromatic heterocycles. The maximum atomic E-state index is 12.0. The molecule has 0 saturated carbocycles. The summed E-state index contributed by atoms with van der Waals surface area (Å²) in [4.78, 5) is 20.7. The number of rotatable bonds is 7. The third kappa shape index (κ3) is 4.42. The van der Waals surface area contributed by atoms with Crippen LogP contribution in [0.15, 0.2) is 88.5 Å². The number of ether oxygens (including phenoxy) is 1. The summed E-state index contributed by atoms with van der Waals surface area (Å²) in [5.74, 6) is 1.22. The number of pyridine rings is 1. The first-order chi connectivity index (χ1) is 16.6. The van der Waals surface area contributed by atoms with Crippen LogP contribution in [-0.2, 0) is 6.54 Å². The van der Waals surface area contributed by atoms with Crippen LogP contribution in [0, 0.1) is 6.92 Å². The molecule has 168 valence electrons. The predicted molar refractivity (Wildman–Crippen MR) is 127 cm³/mol. The summed E-state index contributed by atoms with van der Waals surface area (Å²) in [6.07, 6.45) is 3.02. The number of carboxylic acid groups (broad SMARTS) is 1. The Hall–Kier alpha value is -4.72. The molecule has 0 spiro atoms. The summed E-state index contributed by atoms with van der Waals surface area (Å²) in [5.41, 5.74) is 2.13. The monoisotopic (exact) mass is 452 g/mol. The number of para-hydroxylation sites is 1. The van der Waals surface area contributed by atoms with Gasteiger partial charge in [-0.25, -0.2) is 14.8 Å². The molecule has 2 aromatic carbocycles. The number of aromatic carboxylic acids is 1. The van der Waals surface area contributed by atoms with Crippen LogP contribution in [0.4, 0.5) is 5.82 Å². The Morgan fingerprint density at radius 3 is 2.56 bits per heavy atom. The van der Waals surface area contributed by atoms with Crippen LogP contribution in [0.3, 0.4) is 0 Å². The van der Waals surface area contributed by atoms with Gasteiger partial charge in [0, 0.05) is 5.69 Å². The minimum Gasteiger partial charge on any atom is -0.478 e. The highest BCUT2D eigenvalue weighted by molar-refractivity contribution is 6.03. The molecule has 0 saturated heterocycles. The smallest absolute Gasteiger partial charge is 0.336 e. The quantitative estimate of drug-likeness (QED) is 0.321. The van der Waals surface area contributed by atoms with E-state index in [9.17, 15) is 9.90 Å². The van der Waals surface area contributed by atoms with E-state index in [-0.39, 0.29) is 11.4 Å². The molecule has 8 nitrogen and oxygen atoms in total. The van der Waals surface area contributed by atoms with E-state index < -0.39 is 5.97 Å². The van der Waals surface area contributed by atoms with E-state index in [0.29, 0.717) is 29.0 Å². The largest absolute Gasteiger partial charge is 0.478 e. The fourth-order valence-electron chi connectivity index (χ4n) is 3.61. The number of aliphatic imine (C=N–C) groups is 1. The first-order valence-electron chi connectivity index (χ1n) is 10.6. The van der Waals surface area contributed by atoms with Gasteiger partial charge in [0.25, 0.3) is 0 Å². The molecule has 0 radical (unpaired) electrons. The van der Waals surface area contributed by atoms with E-state index in [4.69, 9.17) is 9.15 Å². The van der Waals surface area contributed by atoms with Crippen molar-refractivity contribution in [2.75, 3.05) is 0 Å². The van der Waals surface area contributed by atoms with Crippen LogP contribution in [0.25, 0.3) is 11.0 Å². The van der Waals surface area contributed by atoms with Crippen LogP contribution in [0.2, 0.25) is 0 Å². The molecule has 0 unspecified atom stereocenters. The average Bonchev–Trinajstić information content (AvgIpc) is 3.47. The van der Waals surface area contributed by atoms with Crippen LogP contribution < -0.4 is 4.74 Å². The lowest BCUT2D eigenvalue weighted by Gasteiger charge is -2.08. The second kappa shape index (κ2) is 9.03. The maximum Gasteiger partial charge on any atom is 0.336 e. The highest BCUT2D eigenvalue weighted by atomic mass is 16.5.